The molecule has 0 aliphatic heterocycles. The molecule has 0 saturated heterocycles. The molecule has 1 rings (SSSR count). The fourth-order valence-corrected chi connectivity index (χ4v) is 2.09. The zero-order valence-electron chi connectivity index (χ0n) is 8.35. The van der Waals surface area contributed by atoms with E-state index in [0.29, 0.717) is 0 Å². The zero-order chi connectivity index (χ0) is 9.57. The van der Waals surface area contributed by atoms with Crippen LogP contribution in [0.15, 0.2) is 0 Å². The lowest BCUT2D eigenvalue weighted by Gasteiger charge is -2.37. The van der Waals surface area contributed by atoms with E-state index in [1.165, 1.54) is 0 Å². The van der Waals surface area contributed by atoms with Gasteiger partial charge in [0.1, 0.15) is 0 Å². The molecule has 1 fully saturated rings. The van der Waals surface area contributed by atoms with Gasteiger partial charge in [0, 0.05) is 0 Å². The van der Waals surface area contributed by atoms with Gasteiger partial charge in [-0.05, 0) is 23.7 Å². The Hall–Kier alpha value is -0.530. The highest BCUT2D eigenvalue weighted by Crippen LogP contribution is 2.55. The summed E-state index contributed by atoms with van der Waals surface area (Å²) in [6.07, 6.45) is 1.85. The molecule has 1 atom stereocenters. The Morgan fingerprint density at radius 3 is 2.00 bits per heavy atom. The fourth-order valence-electron chi connectivity index (χ4n) is 2.09. The molecule has 0 unspecified atom stereocenters. The minimum atomic E-state index is -0.634. The van der Waals surface area contributed by atoms with Gasteiger partial charge in [-0.1, -0.05) is 27.7 Å². The van der Waals surface area contributed by atoms with Gasteiger partial charge in [0.25, 0.3) is 0 Å². The maximum absolute atomic E-state index is 10.9. The van der Waals surface area contributed by atoms with Crippen molar-refractivity contribution < 1.29 is 9.90 Å². The molecule has 1 N–H and O–H groups in total. The van der Waals surface area contributed by atoms with Gasteiger partial charge in [-0.25, -0.2) is 0 Å². The lowest BCUT2D eigenvalue weighted by Crippen LogP contribution is -2.35. The molecule has 1 aliphatic carbocycles. The molecule has 0 heterocycles. The summed E-state index contributed by atoms with van der Waals surface area (Å²) in [6.45, 7) is 8.46. The molecular formula is C10H18O2. The summed E-state index contributed by atoms with van der Waals surface area (Å²) in [5.41, 5.74) is 0.0922. The zero-order valence-corrected chi connectivity index (χ0v) is 8.35. The lowest BCUT2D eigenvalue weighted by atomic mass is 9.67. The van der Waals surface area contributed by atoms with E-state index in [0.717, 1.165) is 12.8 Å². The number of carboxylic acid groups (broad SMARTS) is 1. The predicted molar refractivity (Wildman–Crippen MR) is 47.9 cm³/mol. The van der Waals surface area contributed by atoms with Crippen LogP contribution < -0.4 is 0 Å². The molecule has 12 heavy (non-hydrogen) atoms. The number of carboxylic acids is 1. The molecule has 2 nitrogen and oxygen atoms in total. The first-order valence-electron chi connectivity index (χ1n) is 4.52. The highest BCUT2D eigenvalue weighted by Gasteiger charge is 2.51. The van der Waals surface area contributed by atoms with Gasteiger partial charge in [0.15, 0.2) is 0 Å². The molecule has 1 aliphatic rings. The second-order valence-electron chi connectivity index (χ2n) is 5.04. The molecule has 0 aromatic carbocycles. The van der Waals surface area contributed by atoms with E-state index in [2.05, 4.69) is 27.7 Å². The molecule has 0 aromatic heterocycles. The Kier molecular flexibility index (Phi) is 1.97. The van der Waals surface area contributed by atoms with Crippen LogP contribution in [0.25, 0.3) is 0 Å². The molecule has 0 aromatic rings. The van der Waals surface area contributed by atoms with Crippen LogP contribution in [0, 0.1) is 16.7 Å². The molecular weight excluding hydrogens is 152 g/mol. The van der Waals surface area contributed by atoms with Crippen LogP contribution in [-0.4, -0.2) is 11.1 Å². The monoisotopic (exact) mass is 170 g/mol. The third kappa shape index (κ3) is 1.13. The standard InChI is InChI=1S/C10H18O2/c1-9(2)6-5-7(8(11)12)10(9,3)4/h7H,5-6H2,1-4H3,(H,11,12)/t7-/m0/s1. The molecule has 0 spiro atoms. The Morgan fingerprint density at radius 1 is 1.33 bits per heavy atom. The van der Waals surface area contributed by atoms with Gasteiger partial charge in [-0.15, -0.1) is 0 Å². The van der Waals surface area contributed by atoms with Crippen molar-refractivity contribution in [2.75, 3.05) is 0 Å². The molecule has 1 saturated carbocycles. The van der Waals surface area contributed by atoms with Crippen LogP contribution >= 0.6 is 0 Å². The van der Waals surface area contributed by atoms with Gasteiger partial charge in [-0.3, -0.25) is 4.79 Å². The average Bonchev–Trinajstić information content (AvgIpc) is 2.03. The van der Waals surface area contributed by atoms with E-state index < -0.39 is 5.97 Å². The third-order valence-electron chi connectivity index (χ3n) is 3.97. The molecule has 2 heteroatoms. The van der Waals surface area contributed by atoms with Crippen LogP contribution in [-0.2, 0) is 4.79 Å². The number of rotatable bonds is 1. The molecule has 0 bridgehead atoms. The number of hydrogen-bond donors (Lipinski definition) is 1. The summed E-state index contributed by atoms with van der Waals surface area (Å²) in [7, 11) is 0. The van der Waals surface area contributed by atoms with Crippen molar-refractivity contribution in [2.45, 2.75) is 40.5 Å². The van der Waals surface area contributed by atoms with Gasteiger partial charge < -0.3 is 5.11 Å². The third-order valence-corrected chi connectivity index (χ3v) is 3.97. The largest absolute Gasteiger partial charge is 0.481 e. The SMILES string of the molecule is CC1(C)CC[C@@H](C(=O)O)C1(C)C. The molecule has 70 valence electrons. The normalized spacial score (nSPS) is 31.8. The van der Waals surface area contributed by atoms with E-state index in [9.17, 15) is 4.79 Å². The van der Waals surface area contributed by atoms with Crippen molar-refractivity contribution in [1.29, 1.82) is 0 Å². The van der Waals surface area contributed by atoms with Crippen LogP contribution in [0.2, 0.25) is 0 Å². The Morgan fingerprint density at radius 2 is 1.83 bits per heavy atom. The minimum Gasteiger partial charge on any atom is -0.481 e. The smallest absolute Gasteiger partial charge is 0.307 e. The topological polar surface area (TPSA) is 37.3 Å². The first-order valence-corrected chi connectivity index (χ1v) is 4.52. The van der Waals surface area contributed by atoms with Gasteiger partial charge in [-0.2, -0.15) is 0 Å². The van der Waals surface area contributed by atoms with E-state index in [4.69, 9.17) is 5.11 Å². The highest BCUT2D eigenvalue weighted by atomic mass is 16.4. The predicted octanol–water partition coefficient (Wildman–Crippen LogP) is 2.53. The van der Waals surface area contributed by atoms with E-state index in [1.807, 2.05) is 0 Å². The number of hydrogen-bond acceptors (Lipinski definition) is 1. The Balaban J connectivity index is 2.93. The van der Waals surface area contributed by atoms with E-state index >= 15 is 0 Å². The van der Waals surface area contributed by atoms with Crippen LogP contribution in [0.4, 0.5) is 0 Å². The fraction of sp³-hybridized carbons (Fsp3) is 0.900. The second kappa shape index (κ2) is 2.48. The highest BCUT2D eigenvalue weighted by molar-refractivity contribution is 5.71. The average molecular weight is 170 g/mol. The maximum atomic E-state index is 10.9. The van der Waals surface area contributed by atoms with Crippen molar-refractivity contribution in [2.24, 2.45) is 16.7 Å². The van der Waals surface area contributed by atoms with Crippen molar-refractivity contribution in [3.8, 4) is 0 Å². The first-order chi connectivity index (χ1) is 5.29. The summed E-state index contributed by atoms with van der Waals surface area (Å²) in [6, 6.07) is 0. The Labute approximate surface area is 74.0 Å². The van der Waals surface area contributed by atoms with Crippen molar-refractivity contribution in [1.82, 2.24) is 0 Å². The van der Waals surface area contributed by atoms with Gasteiger partial charge >= 0.3 is 5.97 Å². The van der Waals surface area contributed by atoms with E-state index in [-0.39, 0.29) is 16.7 Å². The van der Waals surface area contributed by atoms with Crippen LogP contribution in [0.5, 0.6) is 0 Å². The Bertz CT molecular complexity index is 204. The summed E-state index contributed by atoms with van der Waals surface area (Å²) < 4.78 is 0. The number of aliphatic carboxylic acids is 1. The van der Waals surface area contributed by atoms with Crippen molar-refractivity contribution >= 4 is 5.97 Å². The quantitative estimate of drug-likeness (QED) is 0.656. The second-order valence-corrected chi connectivity index (χ2v) is 5.04. The minimum absolute atomic E-state index is 0.0706. The van der Waals surface area contributed by atoms with E-state index in [1.54, 1.807) is 0 Å². The molecule has 0 radical (unpaired) electrons. The van der Waals surface area contributed by atoms with Crippen LogP contribution in [0.1, 0.15) is 40.5 Å². The van der Waals surface area contributed by atoms with Crippen molar-refractivity contribution in [3.63, 3.8) is 0 Å². The number of carbonyl (C=O) groups is 1. The summed E-state index contributed by atoms with van der Waals surface area (Å²) in [5, 5.41) is 8.98. The summed E-state index contributed by atoms with van der Waals surface area (Å²) >= 11 is 0. The van der Waals surface area contributed by atoms with Gasteiger partial charge in [0.05, 0.1) is 5.92 Å². The first kappa shape index (κ1) is 9.56. The summed E-state index contributed by atoms with van der Waals surface area (Å²) in [4.78, 5) is 10.9. The van der Waals surface area contributed by atoms with Crippen LogP contribution in [0.3, 0.4) is 0 Å². The lowest BCUT2D eigenvalue weighted by molar-refractivity contribution is -0.146. The summed E-state index contributed by atoms with van der Waals surface area (Å²) in [5.74, 6) is -0.793. The molecule has 0 amide bonds. The van der Waals surface area contributed by atoms with Gasteiger partial charge in [0.2, 0.25) is 0 Å². The maximum Gasteiger partial charge on any atom is 0.307 e. The van der Waals surface area contributed by atoms with Crippen molar-refractivity contribution in [3.05, 3.63) is 0 Å².